The second-order valence-corrected chi connectivity index (χ2v) is 7.45. The molecule has 2 rings (SSSR count). The van der Waals surface area contributed by atoms with E-state index in [1.165, 1.54) is 0 Å². The van der Waals surface area contributed by atoms with Gasteiger partial charge in [0, 0.05) is 17.7 Å². The normalized spacial score (nSPS) is 12.7. The number of nitrogens with one attached hydrogen (secondary N) is 1. The van der Waals surface area contributed by atoms with E-state index >= 15 is 0 Å². The van der Waals surface area contributed by atoms with E-state index < -0.39 is 34.1 Å². The number of alkyl halides is 3. The van der Waals surface area contributed by atoms with Crippen molar-refractivity contribution in [3.05, 3.63) is 45.1 Å². The highest BCUT2D eigenvalue weighted by atomic mass is 19.4. The fraction of sp³-hybridized carbons (Fsp3) is 0.474. The summed E-state index contributed by atoms with van der Waals surface area (Å²) in [5.41, 5.74) is -1.16. The Morgan fingerprint density at radius 1 is 1.30 bits per heavy atom. The smallest absolute Gasteiger partial charge is 0.416 e. The number of rotatable bonds is 6. The standard InChI is InChI=1S/C19H23F3N4O4/c1-10(2)8-11(3)23-18(27)25-13(5)12(4)17(24-25)30-16-7-6-14(19(20,21)22)9-15(16)26(28)29/h6-7,9-11H,8H2,1-5H3,(H,23,27). The minimum Gasteiger partial charge on any atom is -0.430 e. The van der Waals surface area contributed by atoms with E-state index in [9.17, 15) is 28.1 Å². The summed E-state index contributed by atoms with van der Waals surface area (Å²) in [7, 11) is 0. The summed E-state index contributed by atoms with van der Waals surface area (Å²) in [4.78, 5) is 22.8. The van der Waals surface area contributed by atoms with Gasteiger partial charge in [-0.3, -0.25) is 10.1 Å². The Hall–Kier alpha value is -3.11. The van der Waals surface area contributed by atoms with Gasteiger partial charge in [-0.1, -0.05) is 13.8 Å². The van der Waals surface area contributed by atoms with Crippen molar-refractivity contribution in [2.45, 2.75) is 53.3 Å². The number of amides is 1. The molecule has 1 heterocycles. The van der Waals surface area contributed by atoms with Crippen molar-refractivity contribution in [3.8, 4) is 11.6 Å². The summed E-state index contributed by atoms with van der Waals surface area (Å²) < 4.78 is 45.1. The second-order valence-electron chi connectivity index (χ2n) is 7.45. The van der Waals surface area contributed by atoms with Crippen molar-refractivity contribution in [2.24, 2.45) is 5.92 Å². The molecule has 0 spiro atoms. The summed E-state index contributed by atoms with van der Waals surface area (Å²) in [5, 5.41) is 18.1. The van der Waals surface area contributed by atoms with Gasteiger partial charge in [0.2, 0.25) is 11.6 Å². The molecule has 1 aromatic heterocycles. The number of ether oxygens (including phenoxy) is 1. The maximum atomic E-state index is 12.9. The number of hydrogen-bond donors (Lipinski definition) is 1. The van der Waals surface area contributed by atoms with Crippen LogP contribution >= 0.6 is 0 Å². The Bertz CT molecular complexity index is 954. The number of nitro benzene ring substituents is 1. The number of carbonyl (C=O) groups excluding carboxylic acids is 1. The van der Waals surface area contributed by atoms with Crippen molar-refractivity contribution in [3.63, 3.8) is 0 Å². The Labute approximate surface area is 171 Å². The monoisotopic (exact) mass is 428 g/mol. The van der Waals surface area contributed by atoms with Gasteiger partial charge in [-0.15, -0.1) is 5.10 Å². The van der Waals surface area contributed by atoms with Crippen molar-refractivity contribution in [1.82, 2.24) is 15.1 Å². The second kappa shape index (κ2) is 8.72. The van der Waals surface area contributed by atoms with E-state index in [0.717, 1.165) is 17.2 Å². The van der Waals surface area contributed by atoms with Gasteiger partial charge in [0.25, 0.3) is 0 Å². The molecule has 0 radical (unpaired) electrons. The third kappa shape index (κ3) is 5.28. The Balaban J connectivity index is 2.33. The molecule has 0 aliphatic carbocycles. The number of halogens is 3. The molecule has 164 valence electrons. The van der Waals surface area contributed by atoms with E-state index in [4.69, 9.17) is 4.74 Å². The molecule has 0 bridgehead atoms. The van der Waals surface area contributed by atoms with Crippen LogP contribution in [0, 0.1) is 29.9 Å². The topological polar surface area (TPSA) is 99.3 Å². The van der Waals surface area contributed by atoms with E-state index in [0.29, 0.717) is 29.3 Å². The molecule has 8 nitrogen and oxygen atoms in total. The van der Waals surface area contributed by atoms with Crippen LogP contribution in [0.3, 0.4) is 0 Å². The van der Waals surface area contributed by atoms with E-state index in [1.54, 1.807) is 13.8 Å². The molecule has 30 heavy (non-hydrogen) atoms. The first-order valence-electron chi connectivity index (χ1n) is 9.21. The van der Waals surface area contributed by atoms with Gasteiger partial charge in [-0.05, 0) is 45.2 Å². The van der Waals surface area contributed by atoms with Crippen LogP contribution in [-0.4, -0.2) is 26.8 Å². The molecule has 0 aliphatic rings. The van der Waals surface area contributed by atoms with Gasteiger partial charge in [-0.2, -0.15) is 17.9 Å². The van der Waals surface area contributed by atoms with Crippen LogP contribution in [0.4, 0.5) is 23.7 Å². The zero-order valence-electron chi connectivity index (χ0n) is 17.2. The Morgan fingerprint density at radius 3 is 2.47 bits per heavy atom. The average Bonchev–Trinajstić information content (AvgIpc) is 2.88. The number of benzene rings is 1. The Morgan fingerprint density at radius 2 is 1.93 bits per heavy atom. The van der Waals surface area contributed by atoms with E-state index in [1.807, 2.05) is 20.8 Å². The first-order valence-corrected chi connectivity index (χ1v) is 9.21. The molecule has 0 fully saturated rings. The van der Waals surface area contributed by atoms with E-state index in [-0.39, 0.29) is 11.9 Å². The zero-order valence-corrected chi connectivity index (χ0v) is 17.2. The lowest BCUT2D eigenvalue weighted by atomic mass is 10.1. The van der Waals surface area contributed by atoms with Crippen molar-refractivity contribution >= 4 is 11.7 Å². The molecule has 1 atom stereocenters. The minimum absolute atomic E-state index is 0.109. The first-order chi connectivity index (χ1) is 13.8. The fourth-order valence-electron chi connectivity index (χ4n) is 2.91. The highest BCUT2D eigenvalue weighted by molar-refractivity contribution is 5.77. The molecule has 0 saturated heterocycles. The highest BCUT2D eigenvalue weighted by Gasteiger charge is 2.34. The van der Waals surface area contributed by atoms with Crippen molar-refractivity contribution < 1.29 is 27.6 Å². The quantitative estimate of drug-likeness (QED) is 0.503. The molecule has 11 heteroatoms. The molecule has 0 saturated carbocycles. The van der Waals surface area contributed by atoms with Crippen LogP contribution in [0.5, 0.6) is 11.6 Å². The largest absolute Gasteiger partial charge is 0.430 e. The molecule has 0 aliphatic heterocycles. The Kier molecular flexibility index (Phi) is 6.73. The third-order valence-electron chi connectivity index (χ3n) is 4.45. The lowest BCUT2D eigenvalue weighted by Crippen LogP contribution is -2.37. The molecule has 1 unspecified atom stereocenters. The molecular weight excluding hydrogens is 405 g/mol. The third-order valence-corrected chi connectivity index (χ3v) is 4.45. The van der Waals surface area contributed by atoms with Gasteiger partial charge in [0.05, 0.1) is 16.2 Å². The molecule has 1 N–H and O–H groups in total. The first kappa shape index (κ1) is 23.2. The average molecular weight is 428 g/mol. The van der Waals surface area contributed by atoms with Gasteiger partial charge >= 0.3 is 17.9 Å². The number of hydrogen-bond acceptors (Lipinski definition) is 5. The number of nitro groups is 1. The highest BCUT2D eigenvalue weighted by Crippen LogP contribution is 2.38. The lowest BCUT2D eigenvalue weighted by molar-refractivity contribution is -0.385. The molecule has 1 amide bonds. The van der Waals surface area contributed by atoms with Crippen molar-refractivity contribution in [1.29, 1.82) is 0 Å². The van der Waals surface area contributed by atoms with Gasteiger partial charge < -0.3 is 10.1 Å². The molecule has 2 aromatic rings. The van der Waals surface area contributed by atoms with E-state index in [2.05, 4.69) is 10.4 Å². The SMILES string of the molecule is Cc1c(Oc2ccc(C(F)(F)F)cc2[N+](=O)[O-])nn(C(=O)NC(C)CC(C)C)c1C. The van der Waals surface area contributed by atoms with Crippen LogP contribution < -0.4 is 10.1 Å². The maximum Gasteiger partial charge on any atom is 0.416 e. The van der Waals surface area contributed by atoms with Crippen LogP contribution in [-0.2, 0) is 6.18 Å². The van der Waals surface area contributed by atoms with Crippen LogP contribution in [0.1, 0.15) is 44.0 Å². The van der Waals surface area contributed by atoms with Gasteiger partial charge in [-0.25, -0.2) is 4.79 Å². The zero-order chi connectivity index (χ0) is 22.8. The van der Waals surface area contributed by atoms with Crippen molar-refractivity contribution in [2.75, 3.05) is 0 Å². The minimum atomic E-state index is -4.73. The molecular formula is C19H23F3N4O4. The maximum absolute atomic E-state index is 12.9. The summed E-state index contributed by atoms with van der Waals surface area (Å²) in [5.74, 6) is -0.142. The van der Waals surface area contributed by atoms with Gasteiger partial charge in [0.1, 0.15) is 0 Å². The summed E-state index contributed by atoms with van der Waals surface area (Å²) in [6.07, 6.45) is -3.98. The lowest BCUT2D eigenvalue weighted by Gasteiger charge is -2.16. The fourth-order valence-corrected chi connectivity index (χ4v) is 2.91. The predicted octanol–water partition coefficient (Wildman–Crippen LogP) is 5.21. The van der Waals surface area contributed by atoms with Crippen LogP contribution in [0.15, 0.2) is 18.2 Å². The summed E-state index contributed by atoms with van der Waals surface area (Å²) in [6.45, 7) is 9.11. The van der Waals surface area contributed by atoms with Gasteiger partial charge in [0.15, 0.2) is 0 Å². The number of carbonyl (C=O) groups is 1. The molecule has 1 aromatic carbocycles. The summed E-state index contributed by atoms with van der Waals surface area (Å²) in [6, 6.07) is 1.33. The predicted molar refractivity (Wildman–Crippen MR) is 103 cm³/mol. The summed E-state index contributed by atoms with van der Waals surface area (Å²) >= 11 is 0. The van der Waals surface area contributed by atoms with Crippen LogP contribution in [0.2, 0.25) is 0 Å². The number of aromatic nitrogens is 2. The number of nitrogens with zero attached hydrogens (tertiary/aromatic N) is 3. The van der Waals surface area contributed by atoms with Crippen LogP contribution in [0.25, 0.3) is 0 Å².